The summed E-state index contributed by atoms with van der Waals surface area (Å²) in [6, 6.07) is 5.39. The molecule has 0 spiro atoms. The average molecular weight is 439 g/mol. The Hall–Kier alpha value is -2.81. The number of thiazole rings is 1. The van der Waals surface area contributed by atoms with E-state index in [0.717, 1.165) is 49.3 Å². The van der Waals surface area contributed by atoms with Gasteiger partial charge in [0.15, 0.2) is 0 Å². The number of amides is 2. The van der Waals surface area contributed by atoms with Gasteiger partial charge in [0.1, 0.15) is 16.7 Å². The zero-order valence-electron chi connectivity index (χ0n) is 17.3. The van der Waals surface area contributed by atoms with E-state index in [1.165, 1.54) is 30.6 Å². The SMILES string of the molecule is O=C(Nc1ccc2n[nH]nc2c1)c1csc(C2CCN(C(=O)C3CCCCC3)CC2)n1. The zero-order chi connectivity index (χ0) is 21.2. The van der Waals surface area contributed by atoms with Crippen molar-refractivity contribution in [2.24, 2.45) is 5.92 Å². The molecule has 2 aromatic heterocycles. The van der Waals surface area contributed by atoms with Crippen molar-refractivity contribution in [3.63, 3.8) is 0 Å². The Kier molecular flexibility index (Phi) is 5.67. The van der Waals surface area contributed by atoms with Crippen LogP contribution in [0.15, 0.2) is 23.6 Å². The normalized spacial score (nSPS) is 18.4. The minimum atomic E-state index is -0.227. The van der Waals surface area contributed by atoms with Crippen LogP contribution in [0.1, 0.15) is 66.4 Å². The number of H-pyrrole nitrogens is 1. The quantitative estimate of drug-likeness (QED) is 0.642. The summed E-state index contributed by atoms with van der Waals surface area (Å²) in [4.78, 5) is 32.1. The minimum Gasteiger partial charge on any atom is -0.342 e. The number of aromatic amines is 1. The highest BCUT2D eigenvalue weighted by Gasteiger charge is 2.30. The number of likely N-dealkylation sites (tertiary alicyclic amines) is 1. The Morgan fingerprint density at radius 3 is 2.61 bits per heavy atom. The topological polar surface area (TPSA) is 104 Å². The number of carbonyl (C=O) groups excluding carboxylic acids is 2. The van der Waals surface area contributed by atoms with E-state index in [-0.39, 0.29) is 11.8 Å². The summed E-state index contributed by atoms with van der Waals surface area (Å²) in [5.74, 6) is 0.669. The molecule has 31 heavy (non-hydrogen) atoms. The third-order valence-corrected chi connectivity index (χ3v) is 7.45. The van der Waals surface area contributed by atoms with Crippen LogP contribution in [0.2, 0.25) is 0 Å². The molecule has 1 aromatic carbocycles. The molecule has 1 aliphatic heterocycles. The van der Waals surface area contributed by atoms with E-state index < -0.39 is 0 Å². The summed E-state index contributed by atoms with van der Waals surface area (Å²) in [5, 5.41) is 16.3. The Morgan fingerprint density at radius 1 is 1.03 bits per heavy atom. The number of fused-ring (bicyclic) bond motifs is 1. The first kappa shape index (κ1) is 20.1. The van der Waals surface area contributed by atoms with E-state index in [1.807, 2.05) is 16.3 Å². The van der Waals surface area contributed by atoms with Crippen LogP contribution >= 0.6 is 11.3 Å². The molecule has 9 heteroatoms. The first-order valence-electron chi connectivity index (χ1n) is 11.0. The molecule has 1 aliphatic carbocycles. The third-order valence-electron chi connectivity index (χ3n) is 6.44. The Morgan fingerprint density at radius 2 is 1.81 bits per heavy atom. The van der Waals surface area contributed by atoms with Gasteiger partial charge in [-0.25, -0.2) is 4.98 Å². The number of anilines is 1. The van der Waals surface area contributed by atoms with E-state index in [2.05, 4.69) is 25.7 Å². The van der Waals surface area contributed by atoms with Crippen molar-refractivity contribution < 1.29 is 9.59 Å². The molecule has 0 unspecified atom stereocenters. The second-order valence-electron chi connectivity index (χ2n) is 8.49. The number of piperidine rings is 1. The summed E-state index contributed by atoms with van der Waals surface area (Å²) in [6.07, 6.45) is 7.56. The van der Waals surface area contributed by atoms with Crippen molar-refractivity contribution in [3.05, 3.63) is 34.3 Å². The van der Waals surface area contributed by atoms with Crippen molar-refractivity contribution in [2.75, 3.05) is 18.4 Å². The fourth-order valence-corrected chi connectivity index (χ4v) is 5.62. The minimum absolute atomic E-state index is 0.227. The maximum absolute atomic E-state index is 12.8. The highest BCUT2D eigenvalue weighted by atomic mass is 32.1. The van der Waals surface area contributed by atoms with Crippen LogP contribution in [0.25, 0.3) is 11.0 Å². The predicted molar refractivity (Wildman–Crippen MR) is 119 cm³/mol. The number of carbonyl (C=O) groups is 2. The summed E-state index contributed by atoms with van der Waals surface area (Å²) in [7, 11) is 0. The summed E-state index contributed by atoms with van der Waals surface area (Å²) < 4.78 is 0. The molecule has 2 amide bonds. The van der Waals surface area contributed by atoms with Gasteiger partial charge in [-0.15, -0.1) is 11.3 Å². The van der Waals surface area contributed by atoms with E-state index in [1.54, 1.807) is 12.1 Å². The number of nitrogens with zero attached hydrogens (tertiary/aromatic N) is 4. The van der Waals surface area contributed by atoms with Crippen LogP contribution in [0.4, 0.5) is 5.69 Å². The van der Waals surface area contributed by atoms with Crippen molar-refractivity contribution in [3.8, 4) is 0 Å². The van der Waals surface area contributed by atoms with Gasteiger partial charge >= 0.3 is 0 Å². The van der Waals surface area contributed by atoms with Gasteiger partial charge < -0.3 is 10.2 Å². The van der Waals surface area contributed by atoms with Gasteiger partial charge in [0.2, 0.25) is 5.91 Å². The van der Waals surface area contributed by atoms with Crippen LogP contribution in [0.5, 0.6) is 0 Å². The molecular formula is C22H26N6O2S. The molecule has 3 heterocycles. The molecule has 3 aromatic rings. The number of benzene rings is 1. The molecule has 1 saturated carbocycles. The van der Waals surface area contributed by atoms with E-state index in [4.69, 9.17) is 0 Å². The van der Waals surface area contributed by atoms with Gasteiger partial charge in [0, 0.05) is 36.0 Å². The predicted octanol–water partition coefficient (Wildman–Crippen LogP) is 3.95. The maximum atomic E-state index is 12.8. The van der Waals surface area contributed by atoms with Crippen molar-refractivity contribution >= 4 is 39.9 Å². The number of rotatable bonds is 4. The van der Waals surface area contributed by atoms with Crippen LogP contribution in [-0.4, -0.2) is 50.2 Å². The van der Waals surface area contributed by atoms with E-state index >= 15 is 0 Å². The highest BCUT2D eigenvalue weighted by molar-refractivity contribution is 7.10. The number of nitrogens with one attached hydrogen (secondary N) is 2. The first-order valence-corrected chi connectivity index (χ1v) is 11.9. The van der Waals surface area contributed by atoms with Gasteiger partial charge in [-0.2, -0.15) is 15.4 Å². The largest absolute Gasteiger partial charge is 0.342 e. The van der Waals surface area contributed by atoms with Gasteiger partial charge in [-0.1, -0.05) is 19.3 Å². The molecule has 2 fully saturated rings. The molecule has 0 radical (unpaired) electrons. The monoisotopic (exact) mass is 438 g/mol. The molecule has 2 aliphatic rings. The molecule has 5 rings (SSSR count). The Balaban J connectivity index is 1.17. The summed E-state index contributed by atoms with van der Waals surface area (Å²) in [6.45, 7) is 1.58. The first-order chi connectivity index (χ1) is 15.2. The fraction of sp³-hybridized carbons (Fsp3) is 0.500. The number of hydrogen-bond donors (Lipinski definition) is 2. The van der Waals surface area contributed by atoms with Gasteiger partial charge in [0.05, 0.1) is 5.01 Å². The van der Waals surface area contributed by atoms with Crippen LogP contribution in [-0.2, 0) is 4.79 Å². The summed E-state index contributed by atoms with van der Waals surface area (Å²) in [5.41, 5.74) is 2.55. The Bertz CT molecular complexity index is 1080. The molecule has 162 valence electrons. The standard InChI is InChI=1S/C22H26N6O2S/c29-20(23-16-6-7-17-18(12-16)26-27-25-17)19-13-31-21(24-19)14-8-10-28(11-9-14)22(30)15-4-2-1-3-5-15/h6-7,12-15H,1-5,8-11H2,(H,23,29)(H,25,26,27). The van der Waals surface area contributed by atoms with Gasteiger partial charge in [-0.3, -0.25) is 9.59 Å². The third kappa shape index (κ3) is 4.32. The highest BCUT2D eigenvalue weighted by Crippen LogP contribution is 2.33. The van der Waals surface area contributed by atoms with Crippen molar-refractivity contribution in [1.29, 1.82) is 0 Å². The van der Waals surface area contributed by atoms with Crippen molar-refractivity contribution in [2.45, 2.75) is 50.9 Å². The number of hydrogen-bond acceptors (Lipinski definition) is 6. The lowest BCUT2D eigenvalue weighted by molar-refractivity contribution is -0.137. The van der Waals surface area contributed by atoms with Gasteiger partial charge in [-0.05, 0) is 43.9 Å². The van der Waals surface area contributed by atoms with E-state index in [9.17, 15) is 9.59 Å². The lowest BCUT2D eigenvalue weighted by Crippen LogP contribution is -2.41. The smallest absolute Gasteiger partial charge is 0.275 e. The molecule has 0 bridgehead atoms. The fourth-order valence-electron chi connectivity index (χ4n) is 4.65. The van der Waals surface area contributed by atoms with E-state index in [0.29, 0.717) is 28.7 Å². The van der Waals surface area contributed by atoms with Crippen LogP contribution < -0.4 is 5.32 Å². The van der Waals surface area contributed by atoms with Crippen molar-refractivity contribution in [1.82, 2.24) is 25.3 Å². The van der Waals surface area contributed by atoms with Crippen LogP contribution in [0.3, 0.4) is 0 Å². The zero-order valence-corrected chi connectivity index (χ0v) is 18.2. The lowest BCUT2D eigenvalue weighted by atomic mass is 9.87. The average Bonchev–Trinajstić information content (AvgIpc) is 3.49. The molecule has 0 atom stereocenters. The summed E-state index contributed by atoms with van der Waals surface area (Å²) >= 11 is 1.53. The van der Waals surface area contributed by atoms with Gasteiger partial charge in [0.25, 0.3) is 5.91 Å². The number of aromatic nitrogens is 4. The Labute approximate surface area is 184 Å². The maximum Gasteiger partial charge on any atom is 0.275 e. The molecule has 8 nitrogen and oxygen atoms in total. The second kappa shape index (κ2) is 8.74. The molecule has 2 N–H and O–H groups in total. The molecule has 1 saturated heterocycles. The lowest BCUT2D eigenvalue weighted by Gasteiger charge is -2.34. The second-order valence-corrected chi connectivity index (χ2v) is 9.38. The van der Waals surface area contributed by atoms with Crippen LogP contribution in [0, 0.1) is 5.92 Å². The molecular weight excluding hydrogens is 412 g/mol.